The van der Waals surface area contributed by atoms with Gasteiger partial charge < -0.3 is 9.84 Å². The van der Waals surface area contributed by atoms with E-state index >= 15 is 0 Å². The van der Waals surface area contributed by atoms with E-state index in [1.807, 2.05) is 4.90 Å². The number of halogens is 2. The van der Waals surface area contributed by atoms with Crippen LogP contribution in [0.5, 0.6) is 5.75 Å². The molecule has 2 heterocycles. The van der Waals surface area contributed by atoms with Crippen molar-refractivity contribution in [2.45, 2.75) is 25.2 Å². The Labute approximate surface area is 139 Å². The van der Waals surface area contributed by atoms with Crippen LogP contribution in [-0.4, -0.2) is 40.3 Å². The van der Waals surface area contributed by atoms with Crippen LogP contribution in [0.4, 0.5) is 4.39 Å². The smallest absolute Gasteiger partial charge is 0.146 e. The van der Waals surface area contributed by atoms with Gasteiger partial charge in [0.15, 0.2) is 0 Å². The molecular formula is C17H18ClFN2O2. The van der Waals surface area contributed by atoms with E-state index in [-0.39, 0.29) is 11.9 Å². The average Bonchev–Trinajstić information content (AvgIpc) is 2.54. The Balaban J connectivity index is 1.57. The number of ether oxygens (including phenoxy) is 1. The molecule has 1 aliphatic heterocycles. The van der Waals surface area contributed by atoms with Gasteiger partial charge in [0.1, 0.15) is 23.8 Å². The van der Waals surface area contributed by atoms with Crippen molar-refractivity contribution in [3.8, 4) is 5.75 Å². The SMILES string of the molecule is O[C@@H]1CN(Cc2ncccc2F)CC[C@H]1Oc1ccc(Cl)cc1. The van der Waals surface area contributed by atoms with Gasteiger partial charge in [0, 0.05) is 30.9 Å². The van der Waals surface area contributed by atoms with Crippen LogP contribution in [0.1, 0.15) is 12.1 Å². The summed E-state index contributed by atoms with van der Waals surface area (Å²) < 4.78 is 19.5. The van der Waals surface area contributed by atoms with Gasteiger partial charge in [-0.2, -0.15) is 0 Å². The fourth-order valence-corrected chi connectivity index (χ4v) is 2.82. The summed E-state index contributed by atoms with van der Waals surface area (Å²) in [6.07, 6.45) is 1.33. The summed E-state index contributed by atoms with van der Waals surface area (Å²) in [4.78, 5) is 6.03. The molecule has 4 nitrogen and oxygen atoms in total. The van der Waals surface area contributed by atoms with Gasteiger partial charge >= 0.3 is 0 Å². The first-order valence-electron chi connectivity index (χ1n) is 7.54. The fraction of sp³-hybridized carbons (Fsp3) is 0.353. The summed E-state index contributed by atoms with van der Waals surface area (Å²) in [5.41, 5.74) is 0.400. The molecule has 1 aromatic heterocycles. The van der Waals surface area contributed by atoms with E-state index in [4.69, 9.17) is 16.3 Å². The van der Waals surface area contributed by atoms with E-state index in [9.17, 15) is 9.50 Å². The third kappa shape index (κ3) is 4.19. The number of aromatic nitrogens is 1. The lowest BCUT2D eigenvalue weighted by Crippen LogP contribution is -2.48. The standard InChI is InChI=1S/C17H18ClFN2O2/c18-12-3-5-13(6-4-12)23-17-7-9-21(11-16(17)22)10-15-14(19)2-1-8-20-15/h1-6,8,16-17,22H,7,9-11H2/t16-,17-/m1/s1. The lowest BCUT2D eigenvalue weighted by atomic mass is 10.0. The minimum Gasteiger partial charge on any atom is -0.488 e. The second-order valence-electron chi connectivity index (χ2n) is 5.63. The van der Waals surface area contributed by atoms with Crippen LogP contribution >= 0.6 is 11.6 Å². The number of hydrogen-bond donors (Lipinski definition) is 1. The van der Waals surface area contributed by atoms with Crippen molar-refractivity contribution in [3.63, 3.8) is 0 Å². The van der Waals surface area contributed by atoms with Gasteiger partial charge in [-0.1, -0.05) is 11.6 Å². The minimum atomic E-state index is -0.633. The van der Waals surface area contributed by atoms with Crippen molar-refractivity contribution >= 4 is 11.6 Å². The van der Waals surface area contributed by atoms with Crippen LogP contribution in [0.2, 0.25) is 5.02 Å². The first kappa shape index (κ1) is 16.2. The number of β-amino-alcohol motifs (C(OH)–C–C–N with tert-alkyl or cyclic N) is 1. The first-order valence-corrected chi connectivity index (χ1v) is 7.91. The zero-order chi connectivity index (χ0) is 16.2. The molecule has 122 valence electrons. The maximum atomic E-state index is 13.7. The first-order chi connectivity index (χ1) is 11.1. The summed E-state index contributed by atoms with van der Waals surface area (Å²) in [7, 11) is 0. The molecule has 1 saturated heterocycles. The number of likely N-dealkylation sites (tertiary alicyclic amines) is 1. The number of piperidine rings is 1. The van der Waals surface area contributed by atoms with Gasteiger partial charge in [-0.05, 0) is 42.8 Å². The molecule has 0 spiro atoms. The monoisotopic (exact) mass is 336 g/mol. The molecule has 1 fully saturated rings. The molecule has 0 aliphatic carbocycles. The minimum absolute atomic E-state index is 0.277. The predicted octanol–water partition coefficient (Wildman–Crippen LogP) is 2.89. The van der Waals surface area contributed by atoms with Crippen LogP contribution < -0.4 is 4.74 Å². The molecule has 1 N–H and O–H groups in total. The summed E-state index contributed by atoms with van der Waals surface area (Å²) >= 11 is 5.84. The highest BCUT2D eigenvalue weighted by Gasteiger charge is 2.29. The van der Waals surface area contributed by atoms with Gasteiger partial charge in [0.25, 0.3) is 0 Å². The summed E-state index contributed by atoms with van der Waals surface area (Å²) in [6.45, 7) is 1.52. The molecule has 2 aromatic rings. The molecule has 1 aromatic carbocycles. The third-order valence-corrected chi connectivity index (χ3v) is 4.17. The Morgan fingerprint density at radius 2 is 2.09 bits per heavy atom. The summed E-state index contributed by atoms with van der Waals surface area (Å²) in [5.74, 6) is 0.365. The lowest BCUT2D eigenvalue weighted by Gasteiger charge is -2.35. The van der Waals surface area contributed by atoms with Gasteiger partial charge in [-0.25, -0.2) is 4.39 Å². The molecular weight excluding hydrogens is 319 g/mol. The van der Waals surface area contributed by atoms with Crippen LogP contribution in [-0.2, 0) is 6.54 Å². The highest BCUT2D eigenvalue weighted by molar-refractivity contribution is 6.30. The van der Waals surface area contributed by atoms with Gasteiger partial charge in [-0.15, -0.1) is 0 Å². The quantitative estimate of drug-likeness (QED) is 0.932. The number of benzene rings is 1. The Hall–Kier alpha value is -1.69. The van der Waals surface area contributed by atoms with E-state index in [1.165, 1.54) is 6.07 Å². The van der Waals surface area contributed by atoms with Crippen LogP contribution in [0, 0.1) is 5.82 Å². The molecule has 0 radical (unpaired) electrons. The van der Waals surface area contributed by atoms with Crippen LogP contribution in [0.25, 0.3) is 0 Å². The maximum Gasteiger partial charge on any atom is 0.146 e. The lowest BCUT2D eigenvalue weighted by molar-refractivity contribution is -0.0280. The van der Waals surface area contributed by atoms with Gasteiger partial charge in [0.05, 0.1) is 5.69 Å². The van der Waals surface area contributed by atoms with Crippen LogP contribution in [0.3, 0.4) is 0 Å². The van der Waals surface area contributed by atoms with Gasteiger partial charge in [-0.3, -0.25) is 9.88 Å². The number of nitrogens with zero attached hydrogens (tertiary/aromatic N) is 2. The van der Waals surface area contributed by atoms with Crippen molar-refractivity contribution < 1.29 is 14.2 Å². The second kappa shape index (κ2) is 7.25. The normalized spacial score (nSPS) is 22.0. The molecule has 0 saturated carbocycles. The summed E-state index contributed by atoms with van der Waals surface area (Å²) in [6, 6.07) is 10.0. The van der Waals surface area contributed by atoms with Crippen molar-refractivity contribution in [1.82, 2.24) is 9.88 Å². The molecule has 0 unspecified atom stereocenters. The fourth-order valence-electron chi connectivity index (χ4n) is 2.69. The summed E-state index contributed by atoms with van der Waals surface area (Å²) in [5, 5.41) is 10.9. The number of rotatable bonds is 4. The van der Waals surface area contributed by atoms with Gasteiger partial charge in [0.2, 0.25) is 0 Å². The molecule has 2 atom stereocenters. The second-order valence-corrected chi connectivity index (χ2v) is 6.07. The zero-order valence-electron chi connectivity index (χ0n) is 12.5. The van der Waals surface area contributed by atoms with E-state index in [0.717, 1.165) is 0 Å². The molecule has 6 heteroatoms. The molecule has 23 heavy (non-hydrogen) atoms. The molecule has 0 bridgehead atoms. The third-order valence-electron chi connectivity index (χ3n) is 3.91. The highest BCUT2D eigenvalue weighted by Crippen LogP contribution is 2.22. The number of aliphatic hydroxyl groups excluding tert-OH is 1. The van der Waals surface area contributed by atoms with E-state index in [2.05, 4.69) is 4.98 Å². The largest absolute Gasteiger partial charge is 0.488 e. The van der Waals surface area contributed by atoms with Crippen molar-refractivity contribution in [1.29, 1.82) is 0 Å². The van der Waals surface area contributed by atoms with Crippen molar-refractivity contribution in [3.05, 3.63) is 59.1 Å². The molecule has 1 aliphatic rings. The molecule has 0 amide bonds. The number of hydrogen-bond acceptors (Lipinski definition) is 4. The highest BCUT2D eigenvalue weighted by atomic mass is 35.5. The Morgan fingerprint density at radius 3 is 2.78 bits per heavy atom. The van der Waals surface area contributed by atoms with Crippen LogP contribution in [0.15, 0.2) is 42.6 Å². The van der Waals surface area contributed by atoms with Crippen molar-refractivity contribution in [2.24, 2.45) is 0 Å². The van der Waals surface area contributed by atoms with E-state index in [1.54, 1.807) is 36.5 Å². The Kier molecular flexibility index (Phi) is 5.10. The predicted molar refractivity (Wildman–Crippen MR) is 86.0 cm³/mol. The Morgan fingerprint density at radius 1 is 1.30 bits per heavy atom. The van der Waals surface area contributed by atoms with E-state index in [0.29, 0.717) is 42.5 Å². The topological polar surface area (TPSA) is 45.6 Å². The maximum absolute atomic E-state index is 13.7. The Bertz CT molecular complexity index is 653. The van der Waals surface area contributed by atoms with E-state index < -0.39 is 6.10 Å². The van der Waals surface area contributed by atoms with Crippen molar-refractivity contribution in [2.75, 3.05) is 13.1 Å². The average molecular weight is 337 g/mol. The number of aliphatic hydroxyl groups is 1. The molecule has 3 rings (SSSR count). The number of pyridine rings is 1. The zero-order valence-corrected chi connectivity index (χ0v) is 13.3.